The summed E-state index contributed by atoms with van der Waals surface area (Å²) in [5.74, 6) is 1.81. The van der Waals surface area contributed by atoms with Crippen molar-refractivity contribution in [2.24, 2.45) is 0 Å². The summed E-state index contributed by atoms with van der Waals surface area (Å²) in [4.78, 5) is 5.05. The van der Waals surface area contributed by atoms with Crippen molar-refractivity contribution < 1.29 is 4.74 Å². The van der Waals surface area contributed by atoms with Gasteiger partial charge in [0.05, 0.1) is 16.6 Å². The zero-order chi connectivity index (χ0) is 31.7. The molecule has 2 aliphatic rings. The van der Waals surface area contributed by atoms with Crippen molar-refractivity contribution in [3.8, 4) is 56.1 Å². The van der Waals surface area contributed by atoms with Gasteiger partial charge < -0.3 is 4.74 Å². The molecule has 0 saturated carbocycles. The third-order valence-electron chi connectivity index (χ3n) is 10.2. The van der Waals surface area contributed by atoms with Gasteiger partial charge in [-0.2, -0.15) is 0 Å². The van der Waals surface area contributed by atoms with Gasteiger partial charge in [0.1, 0.15) is 11.5 Å². The van der Waals surface area contributed by atoms with Gasteiger partial charge in [-0.25, -0.2) is 4.98 Å². The topological polar surface area (TPSA) is 22.1 Å². The lowest BCUT2D eigenvalue weighted by molar-refractivity contribution is 0.438. The molecule has 1 spiro atoms. The maximum absolute atomic E-state index is 6.94. The van der Waals surface area contributed by atoms with E-state index in [0.717, 1.165) is 55.9 Å². The van der Waals surface area contributed by atoms with E-state index in [2.05, 4.69) is 170 Å². The van der Waals surface area contributed by atoms with Crippen molar-refractivity contribution in [1.82, 2.24) is 4.98 Å². The van der Waals surface area contributed by atoms with Crippen LogP contribution in [0.15, 0.2) is 176 Å². The van der Waals surface area contributed by atoms with Gasteiger partial charge in [0.15, 0.2) is 0 Å². The minimum Gasteiger partial charge on any atom is -0.456 e. The van der Waals surface area contributed by atoms with E-state index in [4.69, 9.17) is 9.72 Å². The van der Waals surface area contributed by atoms with E-state index in [1.807, 2.05) is 6.07 Å². The summed E-state index contributed by atoms with van der Waals surface area (Å²) < 4.78 is 6.94. The van der Waals surface area contributed by atoms with E-state index in [1.54, 1.807) is 0 Å². The van der Waals surface area contributed by atoms with E-state index in [1.165, 1.54) is 33.4 Å². The van der Waals surface area contributed by atoms with Crippen molar-refractivity contribution in [1.29, 1.82) is 0 Å². The van der Waals surface area contributed by atoms with E-state index in [0.29, 0.717) is 0 Å². The average Bonchev–Trinajstić information content (AvgIpc) is 3.45. The summed E-state index contributed by atoms with van der Waals surface area (Å²) in [5.41, 5.74) is 14.6. The highest BCUT2D eigenvalue weighted by molar-refractivity contribution is 5.97. The van der Waals surface area contributed by atoms with E-state index < -0.39 is 5.41 Å². The van der Waals surface area contributed by atoms with E-state index in [9.17, 15) is 0 Å². The molecule has 2 heterocycles. The van der Waals surface area contributed by atoms with Gasteiger partial charge in [0, 0.05) is 27.6 Å². The molecule has 0 N–H and O–H groups in total. The number of aromatic nitrogens is 1. The van der Waals surface area contributed by atoms with E-state index >= 15 is 0 Å². The van der Waals surface area contributed by atoms with Gasteiger partial charge in [-0.05, 0) is 63.2 Å². The Morgan fingerprint density at radius 2 is 0.958 bits per heavy atom. The third kappa shape index (κ3) is 3.77. The first-order valence-electron chi connectivity index (χ1n) is 16.5. The van der Waals surface area contributed by atoms with Crippen LogP contribution in [0.5, 0.6) is 11.5 Å². The largest absolute Gasteiger partial charge is 0.456 e. The number of rotatable bonds is 3. The molecule has 0 saturated heterocycles. The van der Waals surface area contributed by atoms with Gasteiger partial charge in [-0.15, -0.1) is 0 Å². The van der Waals surface area contributed by atoms with Gasteiger partial charge >= 0.3 is 0 Å². The minimum atomic E-state index is -0.483. The Bertz CT molecular complexity index is 2500. The molecule has 7 aromatic carbocycles. The first-order chi connectivity index (χ1) is 23.8. The minimum absolute atomic E-state index is 0.483. The lowest BCUT2D eigenvalue weighted by Crippen LogP contribution is -2.32. The lowest BCUT2D eigenvalue weighted by atomic mass is 9.65. The first-order valence-corrected chi connectivity index (χ1v) is 16.5. The number of nitrogens with zero attached hydrogens (tertiary/aromatic N) is 1. The van der Waals surface area contributed by atoms with E-state index in [-0.39, 0.29) is 0 Å². The molecule has 0 bridgehead atoms. The Hall–Kier alpha value is -6.25. The molecule has 48 heavy (non-hydrogen) atoms. The molecular formula is C46H29NO. The lowest BCUT2D eigenvalue weighted by Gasteiger charge is -2.40. The van der Waals surface area contributed by atoms with Crippen LogP contribution >= 0.6 is 0 Å². The molecule has 1 aromatic heterocycles. The monoisotopic (exact) mass is 611 g/mol. The maximum Gasteiger partial charge on any atom is 0.140 e. The fourth-order valence-electron chi connectivity index (χ4n) is 8.14. The molecule has 10 rings (SSSR count). The third-order valence-corrected chi connectivity index (χ3v) is 10.2. The number of para-hydroxylation sites is 2. The molecule has 1 aliphatic carbocycles. The Labute approximate surface area is 279 Å². The standard InChI is InChI=1S/C46H29NO/c1-2-13-30(14-3-1)42-28-27-37-33(19-12-25-43(37)47-42)31-15-10-16-32(29-31)34-20-11-24-41-45(34)48-44-26-9-8-23-40(44)46(41)38-21-6-4-17-35(38)36-18-5-7-22-39(36)46/h1-29H. The van der Waals surface area contributed by atoms with Crippen LogP contribution in [-0.4, -0.2) is 4.98 Å². The number of fused-ring (bicyclic) bond motifs is 10. The number of hydrogen-bond donors (Lipinski definition) is 0. The summed E-state index contributed by atoms with van der Waals surface area (Å²) in [6, 6.07) is 62.9. The zero-order valence-electron chi connectivity index (χ0n) is 26.1. The summed E-state index contributed by atoms with van der Waals surface area (Å²) in [6.45, 7) is 0. The summed E-state index contributed by atoms with van der Waals surface area (Å²) in [5, 5.41) is 1.13. The van der Waals surface area contributed by atoms with Crippen LogP contribution in [0, 0.1) is 0 Å². The molecular weight excluding hydrogens is 583 g/mol. The number of ether oxygens (including phenoxy) is 1. The normalized spacial score (nSPS) is 13.3. The Balaban J connectivity index is 1.16. The molecule has 1 aliphatic heterocycles. The molecule has 0 atom stereocenters. The first kappa shape index (κ1) is 26.9. The Morgan fingerprint density at radius 3 is 1.75 bits per heavy atom. The fraction of sp³-hybridized carbons (Fsp3) is 0.0217. The molecule has 2 nitrogen and oxygen atoms in total. The second-order valence-electron chi connectivity index (χ2n) is 12.6. The number of hydrogen-bond acceptors (Lipinski definition) is 2. The van der Waals surface area contributed by atoms with Gasteiger partial charge in [-0.1, -0.05) is 152 Å². The predicted octanol–water partition coefficient (Wildman–Crippen LogP) is 11.7. The highest BCUT2D eigenvalue weighted by atomic mass is 16.5. The van der Waals surface area contributed by atoms with Crippen LogP contribution in [0.1, 0.15) is 22.3 Å². The summed E-state index contributed by atoms with van der Waals surface area (Å²) >= 11 is 0. The molecule has 0 unspecified atom stereocenters. The molecule has 224 valence electrons. The fourth-order valence-corrected chi connectivity index (χ4v) is 8.14. The maximum atomic E-state index is 6.94. The second kappa shape index (κ2) is 10.4. The zero-order valence-corrected chi connectivity index (χ0v) is 26.1. The van der Waals surface area contributed by atoms with Crippen molar-refractivity contribution in [2.75, 3.05) is 0 Å². The quantitative estimate of drug-likeness (QED) is 0.198. The highest BCUT2D eigenvalue weighted by Gasteiger charge is 2.51. The number of benzene rings is 7. The van der Waals surface area contributed by atoms with Crippen molar-refractivity contribution in [2.45, 2.75) is 5.41 Å². The van der Waals surface area contributed by atoms with Crippen LogP contribution in [-0.2, 0) is 5.41 Å². The Morgan fingerprint density at radius 1 is 0.396 bits per heavy atom. The molecule has 8 aromatic rings. The smallest absolute Gasteiger partial charge is 0.140 e. The van der Waals surface area contributed by atoms with Crippen molar-refractivity contribution in [3.63, 3.8) is 0 Å². The van der Waals surface area contributed by atoms with Gasteiger partial charge in [-0.3, -0.25) is 0 Å². The number of pyridine rings is 1. The van der Waals surface area contributed by atoms with Crippen molar-refractivity contribution in [3.05, 3.63) is 198 Å². The summed E-state index contributed by atoms with van der Waals surface area (Å²) in [7, 11) is 0. The molecule has 0 radical (unpaired) electrons. The van der Waals surface area contributed by atoms with Crippen LogP contribution in [0.4, 0.5) is 0 Å². The SMILES string of the molecule is c1ccc(-c2ccc3c(-c4cccc(-c5cccc6c5Oc5ccccc5C65c6ccccc6-c6ccccc65)c4)cccc3n2)cc1. The second-order valence-corrected chi connectivity index (χ2v) is 12.6. The highest BCUT2D eigenvalue weighted by Crippen LogP contribution is 2.63. The molecule has 2 heteroatoms. The average molecular weight is 612 g/mol. The van der Waals surface area contributed by atoms with Gasteiger partial charge in [0.2, 0.25) is 0 Å². The predicted molar refractivity (Wildman–Crippen MR) is 195 cm³/mol. The Kier molecular flexibility index (Phi) is 5.82. The summed E-state index contributed by atoms with van der Waals surface area (Å²) in [6.07, 6.45) is 0. The van der Waals surface area contributed by atoms with Crippen LogP contribution in [0.2, 0.25) is 0 Å². The van der Waals surface area contributed by atoms with Crippen LogP contribution < -0.4 is 4.74 Å². The van der Waals surface area contributed by atoms with Crippen molar-refractivity contribution >= 4 is 10.9 Å². The molecule has 0 amide bonds. The van der Waals surface area contributed by atoms with Crippen LogP contribution in [0.3, 0.4) is 0 Å². The van der Waals surface area contributed by atoms with Crippen LogP contribution in [0.25, 0.3) is 55.5 Å². The molecule has 0 fully saturated rings. The van der Waals surface area contributed by atoms with Gasteiger partial charge in [0.25, 0.3) is 0 Å².